The van der Waals surface area contributed by atoms with Gasteiger partial charge < -0.3 is 15.4 Å². The summed E-state index contributed by atoms with van der Waals surface area (Å²) in [5.41, 5.74) is 1.94. The number of anilines is 3. The van der Waals surface area contributed by atoms with E-state index in [4.69, 9.17) is 9.72 Å². The van der Waals surface area contributed by atoms with Crippen LogP contribution in [0.3, 0.4) is 0 Å². The lowest BCUT2D eigenvalue weighted by molar-refractivity contribution is -0.0568. The molecular weight excluding hydrogens is 390 g/mol. The molecule has 3 atom stereocenters. The molecule has 0 saturated carbocycles. The molecule has 3 aliphatic rings. The van der Waals surface area contributed by atoms with Crippen LogP contribution in [0.25, 0.3) is 10.9 Å². The zero-order chi connectivity index (χ0) is 20.8. The van der Waals surface area contributed by atoms with E-state index in [-0.39, 0.29) is 0 Å². The molecule has 0 aromatic carbocycles. The van der Waals surface area contributed by atoms with Gasteiger partial charge in [0.25, 0.3) is 0 Å². The van der Waals surface area contributed by atoms with Gasteiger partial charge in [0.15, 0.2) is 5.82 Å². The van der Waals surface area contributed by atoms with Crippen LogP contribution in [0.1, 0.15) is 31.4 Å². The summed E-state index contributed by atoms with van der Waals surface area (Å²) in [5.74, 6) is 3.16. The van der Waals surface area contributed by atoms with E-state index < -0.39 is 0 Å². The number of hydrogen-bond acceptors (Lipinski definition) is 7. The van der Waals surface area contributed by atoms with Gasteiger partial charge in [-0.25, -0.2) is 4.98 Å². The first-order valence-corrected chi connectivity index (χ1v) is 11.4. The molecule has 6 rings (SSSR count). The van der Waals surface area contributed by atoms with E-state index >= 15 is 0 Å². The molecule has 0 radical (unpaired) electrons. The van der Waals surface area contributed by atoms with Crippen molar-refractivity contribution in [1.29, 1.82) is 0 Å². The summed E-state index contributed by atoms with van der Waals surface area (Å²) in [4.78, 5) is 12.3. The highest BCUT2D eigenvalue weighted by molar-refractivity contribution is 5.91. The molecule has 8 nitrogen and oxygen atoms in total. The van der Waals surface area contributed by atoms with Crippen molar-refractivity contribution in [1.82, 2.24) is 25.1 Å². The molecule has 2 bridgehead atoms. The van der Waals surface area contributed by atoms with Gasteiger partial charge in [0, 0.05) is 60.0 Å². The van der Waals surface area contributed by atoms with Crippen molar-refractivity contribution < 1.29 is 4.74 Å². The van der Waals surface area contributed by atoms with Crippen LogP contribution in [0.15, 0.2) is 30.5 Å². The number of aromatic amines is 1. The van der Waals surface area contributed by atoms with E-state index in [0.717, 1.165) is 53.2 Å². The summed E-state index contributed by atoms with van der Waals surface area (Å²) < 4.78 is 5.40. The van der Waals surface area contributed by atoms with Crippen LogP contribution < -0.4 is 10.6 Å². The number of aromatic nitrogens is 4. The first kappa shape index (κ1) is 19.0. The molecule has 0 spiro atoms. The highest BCUT2D eigenvalue weighted by atomic mass is 16.5. The topological polar surface area (TPSA) is 91.0 Å². The molecule has 3 fully saturated rings. The lowest BCUT2D eigenvalue weighted by Crippen LogP contribution is -2.51. The fourth-order valence-electron chi connectivity index (χ4n) is 5.43. The number of rotatable bonds is 6. The maximum Gasteiger partial charge on any atom is 0.153 e. The van der Waals surface area contributed by atoms with E-state index in [9.17, 15) is 0 Å². The second-order valence-electron chi connectivity index (χ2n) is 9.29. The highest BCUT2D eigenvalue weighted by Gasteiger charge is 2.42. The Bertz CT molecular complexity index is 1060. The number of hydrogen-bond donors (Lipinski definition) is 3. The minimum atomic E-state index is 0.435. The van der Waals surface area contributed by atoms with Gasteiger partial charge in [-0.15, -0.1) is 0 Å². The van der Waals surface area contributed by atoms with Crippen LogP contribution in [0.5, 0.6) is 0 Å². The van der Waals surface area contributed by atoms with E-state index in [1.165, 1.54) is 32.2 Å². The summed E-state index contributed by atoms with van der Waals surface area (Å²) >= 11 is 0. The minimum absolute atomic E-state index is 0.435. The molecule has 31 heavy (non-hydrogen) atoms. The zero-order valence-corrected chi connectivity index (χ0v) is 17.8. The van der Waals surface area contributed by atoms with Crippen molar-refractivity contribution in [3.05, 3.63) is 36.2 Å². The van der Waals surface area contributed by atoms with Gasteiger partial charge in [-0.1, -0.05) is 0 Å². The fraction of sp³-hybridized carbons (Fsp3) is 0.522. The first-order valence-electron chi connectivity index (χ1n) is 11.4. The largest absolute Gasteiger partial charge is 0.381 e. The monoisotopic (exact) mass is 419 g/mol. The van der Waals surface area contributed by atoms with Crippen LogP contribution in [-0.4, -0.2) is 62.9 Å². The van der Waals surface area contributed by atoms with Gasteiger partial charge in [0.1, 0.15) is 11.6 Å². The normalized spacial score (nSPS) is 26.2. The molecule has 3 aliphatic heterocycles. The molecule has 6 heterocycles. The first-order chi connectivity index (χ1) is 15.2. The molecule has 3 N–H and O–H groups in total. The minimum Gasteiger partial charge on any atom is -0.381 e. The van der Waals surface area contributed by atoms with Crippen molar-refractivity contribution in [2.75, 3.05) is 30.4 Å². The van der Waals surface area contributed by atoms with Crippen molar-refractivity contribution in [3.63, 3.8) is 0 Å². The summed E-state index contributed by atoms with van der Waals surface area (Å²) in [6.45, 7) is 5.07. The third-order valence-corrected chi connectivity index (χ3v) is 6.96. The molecule has 3 aromatic rings. The average molecular weight is 420 g/mol. The Labute approximate surface area is 181 Å². The molecule has 162 valence electrons. The maximum absolute atomic E-state index is 5.40. The summed E-state index contributed by atoms with van der Waals surface area (Å²) in [6, 6.07) is 9.82. The number of nitrogens with zero attached hydrogens (tertiary/aromatic N) is 4. The predicted octanol–water partition coefficient (Wildman–Crippen LogP) is 3.46. The van der Waals surface area contributed by atoms with Crippen LogP contribution >= 0.6 is 0 Å². The van der Waals surface area contributed by atoms with Crippen LogP contribution in [0, 0.1) is 12.8 Å². The molecular formula is C23H29N7O. The van der Waals surface area contributed by atoms with Gasteiger partial charge in [-0.2, -0.15) is 5.10 Å². The number of fused-ring (bicyclic) bond motifs is 3. The SMILES string of the molecule is Cc1cc(Nc2cc3ncccc3c(N[C@@H]3CC4CC[C@@H](C3)N4CC3COC3)n2)n[nH]1. The van der Waals surface area contributed by atoms with Crippen LogP contribution in [0.2, 0.25) is 0 Å². The van der Waals surface area contributed by atoms with Gasteiger partial charge >= 0.3 is 0 Å². The van der Waals surface area contributed by atoms with Crippen molar-refractivity contribution in [2.24, 2.45) is 5.92 Å². The van der Waals surface area contributed by atoms with Crippen LogP contribution in [-0.2, 0) is 4.74 Å². The fourth-order valence-corrected chi connectivity index (χ4v) is 5.43. The van der Waals surface area contributed by atoms with Gasteiger partial charge in [0.2, 0.25) is 0 Å². The molecule has 0 amide bonds. The van der Waals surface area contributed by atoms with Crippen molar-refractivity contribution >= 4 is 28.4 Å². The maximum atomic E-state index is 5.40. The molecule has 1 unspecified atom stereocenters. The van der Waals surface area contributed by atoms with Gasteiger partial charge in [-0.05, 0) is 44.7 Å². The Morgan fingerprint density at radius 1 is 1.16 bits per heavy atom. The third-order valence-electron chi connectivity index (χ3n) is 6.96. The summed E-state index contributed by atoms with van der Waals surface area (Å²) in [7, 11) is 0. The van der Waals surface area contributed by atoms with Gasteiger partial charge in [0.05, 0.1) is 18.7 Å². The third kappa shape index (κ3) is 3.74. The summed E-state index contributed by atoms with van der Waals surface area (Å²) in [6.07, 6.45) is 6.80. The Morgan fingerprint density at radius 2 is 2.00 bits per heavy atom. The van der Waals surface area contributed by atoms with E-state index in [1.807, 2.05) is 31.3 Å². The number of ether oxygens (including phenoxy) is 1. The Kier molecular flexibility index (Phi) is 4.76. The standard InChI is InChI=1S/C23H29N7O/c1-14-7-22(29-28-14)26-21-10-20-19(3-2-6-24-20)23(27-21)25-16-8-17-4-5-18(9-16)30(17)11-15-12-31-13-15/h2-3,6-7,10,15-18H,4-5,8-9,11-13H2,1H3,(H3,25,26,27,28,29)/t16-,17-,18?/m0/s1. The second kappa shape index (κ2) is 7.76. The second-order valence-corrected chi connectivity index (χ2v) is 9.29. The van der Waals surface area contributed by atoms with Gasteiger partial charge in [-0.3, -0.25) is 15.0 Å². The lowest BCUT2D eigenvalue weighted by atomic mass is 9.95. The van der Waals surface area contributed by atoms with E-state index in [0.29, 0.717) is 18.1 Å². The predicted molar refractivity (Wildman–Crippen MR) is 121 cm³/mol. The Morgan fingerprint density at radius 3 is 2.71 bits per heavy atom. The number of aryl methyl sites for hydroxylation is 1. The molecule has 3 aromatic heterocycles. The Hall–Kier alpha value is -2.71. The smallest absolute Gasteiger partial charge is 0.153 e. The lowest BCUT2D eigenvalue weighted by Gasteiger charge is -2.42. The number of piperidine rings is 1. The van der Waals surface area contributed by atoms with Crippen molar-refractivity contribution in [3.8, 4) is 0 Å². The molecule has 3 saturated heterocycles. The average Bonchev–Trinajstić information content (AvgIpc) is 3.23. The molecule has 8 heteroatoms. The quantitative estimate of drug-likeness (QED) is 0.564. The number of H-pyrrole nitrogens is 1. The van der Waals surface area contributed by atoms with E-state index in [2.05, 4.69) is 36.8 Å². The van der Waals surface area contributed by atoms with Crippen LogP contribution in [0.4, 0.5) is 17.5 Å². The number of pyridine rings is 2. The van der Waals surface area contributed by atoms with E-state index in [1.54, 1.807) is 0 Å². The Balaban J connectivity index is 1.22. The highest BCUT2D eigenvalue weighted by Crippen LogP contribution is 2.38. The number of nitrogens with one attached hydrogen (secondary N) is 3. The zero-order valence-electron chi connectivity index (χ0n) is 17.8. The molecule has 0 aliphatic carbocycles. The van der Waals surface area contributed by atoms with Crippen molar-refractivity contribution in [2.45, 2.75) is 50.7 Å². The summed E-state index contributed by atoms with van der Waals surface area (Å²) in [5, 5.41) is 15.4.